The van der Waals surface area contributed by atoms with Gasteiger partial charge in [-0.25, -0.2) is 0 Å². The van der Waals surface area contributed by atoms with Crippen molar-refractivity contribution >= 4 is 23.2 Å². The number of halogens is 1. The Balaban J connectivity index is 2.20. The third-order valence-electron chi connectivity index (χ3n) is 3.14. The Kier molecular flexibility index (Phi) is 2.66. The summed E-state index contributed by atoms with van der Waals surface area (Å²) < 4.78 is 11.1. The quantitative estimate of drug-likeness (QED) is 0.769. The summed E-state index contributed by atoms with van der Waals surface area (Å²) in [7, 11) is 0. The van der Waals surface area contributed by atoms with Crippen LogP contribution in [0.1, 0.15) is 5.56 Å². The number of nitrogens with zero attached hydrogens (tertiary/aromatic N) is 1. The fourth-order valence-corrected chi connectivity index (χ4v) is 2.72. The monoisotopic (exact) mass is 265 g/mol. The van der Waals surface area contributed by atoms with Gasteiger partial charge in [0.25, 0.3) is 11.7 Å². The third-order valence-corrected chi connectivity index (χ3v) is 3.45. The first-order valence-electron chi connectivity index (χ1n) is 5.70. The molecule has 0 N–H and O–H groups in total. The Morgan fingerprint density at radius 2 is 2.17 bits per heavy atom. The van der Waals surface area contributed by atoms with Crippen molar-refractivity contribution in [2.45, 2.75) is 5.79 Å². The Labute approximate surface area is 110 Å². The van der Waals surface area contributed by atoms with Gasteiger partial charge in [0.05, 0.1) is 23.9 Å². The number of ether oxygens (including phenoxy) is 2. The lowest BCUT2D eigenvalue weighted by Gasteiger charge is -2.21. The number of fused-ring (bicyclic) bond motifs is 2. The molecule has 18 heavy (non-hydrogen) atoms. The van der Waals surface area contributed by atoms with E-state index in [2.05, 4.69) is 6.58 Å². The lowest BCUT2D eigenvalue weighted by Crippen LogP contribution is -2.41. The minimum absolute atomic E-state index is 0.233. The van der Waals surface area contributed by atoms with E-state index in [9.17, 15) is 4.79 Å². The summed E-state index contributed by atoms with van der Waals surface area (Å²) in [5.41, 5.74) is 1.34. The number of amides is 1. The van der Waals surface area contributed by atoms with Crippen LogP contribution in [0.25, 0.3) is 0 Å². The van der Waals surface area contributed by atoms with E-state index in [1.165, 1.54) is 0 Å². The van der Waals surface area contributed by atoms with Gasteiger partial charge in [-0.15, -0.1) is 6.58 Å². The highest BCUT2D eigenvalue weighted by Crippen LogP contribution is 2.48. The van der Waals surface area contributed by atoms with E-state index in [0.29, 0.717) is 36.0 Å². The second kappa shape index (κ2) is 4.09. The van der Waals surface area contributed by atoms with Gasteiger partial charge in [0.15, 0.2) is 0 Å². The smallest absolute Gasteiger partial charge is 0.292 e. The van der Waals surface area contributed by atoms with Gasteiger partial charge in [0.2, 0.25) is 0 Å². The molecule has 0 radical (unpaired) electrons. The van der Waals surface area contributed by atoms with Crippen LogP contribution in [0.4, 0.5) is 5.69 Å². The van der Waals surface area contributed by atoms with Gasteiger partial charge in [0.1, 0.15) is 0 Å². The third kappa shape index (κ3) is 1.37. The van der Waals surface area contributed by atoms with E-state index >= 15 is 0 Å². The van der Waals surface area contributed by atoms with E-state index in [1.54, 1.807) is 23.1 Å². The van der Waals surface area contributed by atoms with Gasteiger partial charge < -0.3 is 14.4 Å². The molecule has 1 aromatic rings. The summed E-state index contributed by atoms with van der Waals surface area (Å²) in [6, 6.07) is 5.35. The van der Waals surface area contributed by atoms with Gasteiger partial charge in [-0.1, -0.05) is 29.8 Å². The first-order chi connectivity index (χ1) is 8.70. The fourth-order valence-electron chi connectivity index (χ4n) is 2.44. The van der Waals surface area contributed by atoms with Gasteiger partial charge in [0, 0.05) is 12.1 Å². The van der Waals surface area contributed by atoms with Crippen LogP contribution in [0.5, 0.6) is 0 Å². The van der Waals surface area contributed by atoms with Crippen LogP contribution in [0.3, 0.4) is 0 Å². The zero-order valence-corrected chi connectivity index (χ0v) is 10.4. The topological polar surface area (TPSA) is 38.8 Å². The van der Waals surface area contributed by atoms with Crippen molar-refractivity contribution in [3.05, 3.63) is 41.4 Å². The average molecular weight is 266 g/mol. The predicted octanol–water partition coefficient (Wildman–Crippen LogP) is 2.07. The molecule has 0 atom stereocenters. The van der Waals surface area contributed by atoms with E-state index in [0.717, 1.165) is 0 Å². The maximum absolute atomic E-state index is 12.5. The molecule has 0 aromatic heterocycles. The van der Waals surface area contributed by atoms with Crippen LogP contribution < -0.4 is 4.90 Å². The summed E-state index contributed by atoms with van der Waals surface area (Å²) in [6.07, 6.45) is 1.65. The molecule has 2 heterocycles. The highest BCUT2D eigenvalue weighted by atomic mass is 35.5. The predicted molar refractivity (Wildman–Crippen MR) is 67.6 cm³/mol. The van der Waals surface area contributed by atoms with Gasteiger partial charge >= 0.3 is 0 Å². The van der Waals surface area contributed by atoms with Crippen molar-refractivity contribution in [3.8, 4) is 0 Å². The molecular formula is C13H12ClNO3. The summed E-state index contributed by atoms with van der Waals surface area (Å²) in [5.74, 6) is -1.54. The van der Waals surface area contributed by atoms with E-state index < -0.39 is 5.79 Å². The van der Waals surface area contributed by atoms with Crippen LogP contribution in [-0.2, 0) is 20.1 Å². The molecule has 0 aliphatic carbocycles. The van der Waals surface area contributed by atoms with Crippen molar-refractivity contribution < 1.29 is 14.3 Å². The van der Waals surface area contributed by atoms with Crippen molar-refractivity contribution in [1.82, 2.24) is 0 Å². The molecule has 2 aliphatic rings. The zero-order chi connectivity index (χ0) is 12.8. The second-order valence-electron chi connectivity index (χ2n) is 4.15. The summed E-state index contributed by atoms with van der Waals surface area (Å²) >= 11 is 6.19. The number of carbonyl (C=O) groups excluding carboxylic acids is 1. The molecule has 0 bridgehead atoms. The Bertz CT molecular complexity index is 523. The highest BCUT2D eigenvalue weighted by Gasteiger charge is 2.56. The number of hydrogen-bond acceptors (Lipinski definition) is 3. The molecule has 1 saturated heterocycles. The number of carbonyl (C=O) groups is 1. The Morgan fingerprint density at radius 1 is 1.44 bits per heavy atom. The lowest BCUT2D eigenvalue weighted by atomic mass is 10.1. The van der Waals surface area contributed by atoms with Gasteiger partial charge in [-0.05, 0) is 6.07 Å². The summed E-state index contributed by atoms with van der Waals surface area (Å²) in [4.78, 5) is 14.0. The molecule has 4 nitrogen and oxygen atoms in total. The zero-order valence-electron chi connectivity index (χ0n) is 9.69. The normalized spacial score (nSPS) is 20.5. The maximum atomic E-state index is 12.5. The Hall–Kier alpha value is -1.36. The van der Waals surface area contributed by atoms with Crippen LogP contribution in [-0.4, -0.2) is 25.7 Å². The van der Waals surface area contributed by atoms with Crippen LogP contribution in [0.2, 0.25) is 5.02 Å². The number of benzene rings is 1. The summed E-state index contributed by atoms with van der Waals surface area (Å²) in [6.45, 7) is 4.84. The van der Waals surface area contributed by atoms with Gasteiger partial charge in [-0.2, -0.15) is 0 Å². The second-order valence-corrected chi connectivity index (χ2v) is 4.56. The van der Waals surface area contributed by atoms with Gasteiger partial charge in [-0.3, -0.25) is 4.79 Å². The molecule has 1 spiro atoms. The molecular weight excluding hydrogens is 254 g/mol. The number of anilines is 1. The van der Waals surface area contributed by atoms with Crippen LogP contribution >= 0.6 is 11.6 Å². The maximum Gasteiger partial charge on any atom is 0.292 e. The minimum atomic E-state index is -1.30. The molecule has 1 fully saturated rings. The van der Waals surface area contributed by atoms with Crippen molar-refractivity contribution in [1.29, 1.82) is 0 Å². The molecule has 5 heteroatoms. The SMILES string of the molecule is C=CCN1C(=O)C2(OCCO2)c2cccc(Cl)c21. The van der Waals surface area contributed by atoms with Crippen molar-refractivity contribution in [3.63, 3.8) is 0 Å². The Morgan fingerprint density at radius 3 is 2.83 bits per heavy atom. The minimum Gasteiger partial charge on any atom is -0.336 e. The molecule has 0 saturated carbocycles. The van der Waals surface area contributed by atoms with Crippen molar-refractivity contribution in [2.24, 2.45) is 0 Å². The lowest BCUT2D eigenvalue weighted by molar-refractivity contribution is -0.180. The van der Waals surface area contributed by atoms with E-state index in [1.807, 2.05) is 6.07 Å². The molecule has 1 amide bonds. The van der Waals surface area contributed by atoms with Crippen molar-refractivity contribution in [2.75, 3.05) is 24.7 Å². The molecule has 3 rings (SSSR count). The first kappa shape index (κ1) is 11.7. The van der Waals surface area contributed by atoms with E-state index in [-0.39, 0.29) is 5.91 Å². The standard InChI is InChI=1S/C13H12ClNO3/c1-2-6-15-11-9(4-3-5-10(11)14)13(12(15)16)17-7-8-18-13/h2-5H,1,6-8H2. The van der Waals surface area contributed by atoms with Crippen LogP contribution in [0.15, 0.2) is 30.9 Å². The largest absolute Gasteiger partial charge is 0.336 e. The highest BCUT2D eigenvalue weighted by molar-refractivity contribution is 6.35. The summed E-state index contributed by atoms with van der Waals surface area (Å²) in [5, 5.41) is 0.513. The molecule has 1 aromatic carbocycles. The number of rotatable bonds is 2. The number of para-hydroxylation sites is 1. The molecule has 2 aliphatic heterocycles. The molecule has 94 valence electrons. The number of hydrogen-bond donors (Lipinski definition) is 0. The first-order valence-corrected chi connectivity index (χ1v) is 6.08. The van der Waals surface area contributed by atoms with E-state index in [4.69, 9.17) is 21.1 Å². The fraction of sp³-hybridized carbons (Fsp3) is 0.308. The average Bonchev–Trinajstić information content (AvgIpc) is 2.93. The van der Waals surface area contributed by atoms with Crippen LogP contribution in [0, 0.1) is 0 Å². The molecule has 0 unspecified atom stereocenters.